The molecule has 5 heteroatoms. The third-order valence-electron chi connectivity index (χ3n) is 4.77. The number of amides is 2. The molecule has 1 aliphatic carbocycles. The average Bonchev–Trinajstić information content (AvgIpc) is 3.44. The molecule has 0 aliphatic heterocycles. The van der Waals surface area contributed by atoms with Gasteiger partial charge in [0.25, 0.3) is 0 Å². The Morgan fingerprint density at radius 3 is 2.08 bits per heavy atom. The van der Waals surface area contributed by atoms with Gasteiger partial charge in [-0.3, -0.25) is 14.4 Å². The third kappa shape index (κ3) is 3.67. The lowest BCUT2D eigenvalue weighted by atomic mass is 10.0. The molecule has 0 heterocycles. The van der Waals surface area contributed by atoms with Gasteiger partial charge >= 0.3 is 0 Å². The molecule has 0 bridgehead atoms. The van der Waals surface area contributed by atoms with E-state index in [4.69, 9.17) is 0 Å². The second-order valence-corrected chi connectivity index (χ2v) is 6.68. The zero-order chi connectivity index (χ0) is 18.7. The fourth-order valence-corrected chi connectivity index (χ4v) is 2.82. The number of benzene rings is 2. The van der Waals surface area contributed by atoms with Crippen molar-refractivity contribution in [2.75, 3.05) is 10.6 Å². The fraction of sp³-hybridized carbons (Fsp3) is 0.286. The van der Waals surface area contributed by atoms with Crippen LogP contribution in [0, 0.1) is 5.41 Å². The normalized spacial score (nSPS) is 14.4. The van der Waals surface area contributed by atoms with E-state index in [2.05, 4.69) is 17.6 Å². The van der Waals surface area contributed by atoms with Crippen LogP contribution in [0.1, 0.15) is 42.6 Å². The monoisotopic (exact) mass is 350 g/mol. The van der Waals surface area contributed by atoms with Gasteiger partial charge < -0.3 is 10.6 Å². The van der Waals surface area contributed by atoms with Crippen LogP contribution in [0.15, 0.2) is 48.5 Å². The molecule has 0 spiro atoms. The smallest absolute Gasteiger partial charge is 0.240 e. The van der Waals surface area contributed by atoms with Gasteiger partial charge in [-0.05, 0) is 56.0 Å². The van der Waals surface area contributed by atoms with E-state index >= 15 is 0 Å². The van der Waals surface area contributed by atoms with Crippen LogP contribution >= 0.6 is 0 Å². The fourth-order valence-electron chi connectivity index (χ4n) is 2.82. The first-order valence-electron chi connectivity index (χ1n) is 8.77. The largest absolute Gasteiger partial charge is 0.325 e. The SMILES string of the molecule is CCc1ccc(NC(=O)C2(C(=O)Nc3cccc(C(C)=O)c3)CC2)cc1. The van der Waals surface area contributed by atoms with Crippen molar-refractivity contribution < 1.29 is 14.4 Å². The zero-order valence-electron chi connectivity index (χ0n) is 15.0. The van der Waals surface area contributed by atoms with E-state index in [1.54, 1.807) is 24.3 Å². The van der Waals surface area contributed by atoms with Gasteiger partial charge in [0.05, 0.1) is 0 Å². The van der Waals surface area contributed by atoms with E-state index in [9.17, 15) is 14.4 Å². The van der Waals surface area contributed by atoms with E-state index in [1.807, 2.05) is 24.3 Å². The standard InChI is InChI=1S/C21H22N2O3/c1-3-15-7-9-17(10-8-15)22-19(25)21(11-12-21)20(26)23-18-6-4-5-16(13-18)14(2)24/h4-10,13H,3,11-12H2,1-2H3,(H,22,25)(H,23,26). The van der Waals surface area contributed by atoms with Crippen molar-refractivity contribution in [1.29, 1.82) is 0 Å². The van der Waals surface area contributed by atoms with Crippen molar-refractivity contribution in [3.05, 3.63) is 59.7 Å². The van der Waals surface area contributed by atoms with Gasteiger partial charge in [-0.25, -0.2) is 0 Å². The van der Waals surface area contributed by atoms with Crippen molar-refractivity contribution in [2.45, 2.75) is 33.1 Å². The molecule has 26 heavy (non-hydrogen) atoms. The third-order valence-corrected chi connectivity index (χ3v) is 4.77. The molecule has 0 saturated heterocycles. The van der Waals surface area contributed by atoms with Crippen molar-refractivity contribution in [2.24, 2.45) is 5.41 Å². The minimum absolute atomic E-state index is 0.0736. The summed E-state index contributed by atoms with van der Waals surface area (Å²) >= 11 is 0. The number of ketones is 1. The van der Waals surface area contributed by atoms with Crippen molar-refractivity contribution in [3.63, 3.8) is 0 Å². The molecule has 0 unspecified atom stereocenters. The van der Waals surface area contributed by atoms with Crippen molar-refractivity contribution in [3.8, 4) is 0 Å². The van der Waals surface area contributed by atoms with E-state index in [0.717, 1.165) is 6.42 Å². The number of anilines is 2. The molecule has 1 saturated carbocycles. The molecule has 1 fully saturated rings. The Bertz CT molecular complexity index is 852. The summed E-state index contributed by atoms with van der Waals surface area (Å²) in [7, 11) is 0. The summed E-state index contributed by atoms with van der Waals surface area (Å²) in [6.45, 7) is 3.54. The predicted molar refractivity (Wildman–Crippen MR) is 101 cm³/mol. The molecule has 3 rings (SSSR count). The predicted octanol–water partition coefficient (Wildman–Crippen LogP) is 3.81. The quantitative estimate of drug-likeness (QED) is 0.614. The molecule has 134 valence electrons. The van der Waals surface area contributed by atoms with Gasteiger partial charge in [0, 0.05) is 16.9 Å². The van der Waals surface area contributed by atoms with E-state index in [0.29, 0.717) is 29.8 Å². The Balaban J connectivity index is 1.69. The minimum atomic E-state index is -1.03. The van der Waals surface area contributed by atoms with Crippen LogP contribution in [0.2, 0.25) is 0 Å². The van der Waals surface area contributed by atoms with Crippen molar-refractivity contribution >= 4 is 29.0 Å². The Morgan fingerprint density at radius 1 is 0.923 bits per heavy atom. The molecule has 2 amide bonds. The lowest BCUT2D eigenvalue weighted by Crippen LogP contribution is -2.35. The van der Waals surface area contributed by atoms with Crippen LogP contribution in [0.25, 0.3) is 0 Å². The Morgan fingerprint density at radius 2 is 1.54 bits per heavy atom. The number of rotatable bonds is 6. The second-order valence-electron chi connectivity index (χ2n) is 6.68. The molecule has 0 radical (unpaired) electrons. The second kappa shape index (κ2) is 7.12. The first-order chi connectivity index (χ1) is 12.4. The highest BCUT2D eigenvalue weighted by atomic mass is 16.2. The highest BCUT2D eigenvalue weighted by Gasteiger charge is 2.56. The van der Waals surface area contributed by atoms with Gasteiger partial charge in [0.2, 0.25) is 11.8 Å². The summed E-state index contributed by atoms with van der Waals surface area (Å²) < 4.78 is 0. The van der Waals surface area contributed by atoms with Gasteiger partial charge in [0.1, 0.15) is 5.41 Å². The van der Waals surface area contributed by atoms with Crippen LogP contribution in [0.5, 0.6) is 0 Å². The zero-order valence-corrected chi connectivity index (χ0v) is 15.0. The highest BCUT2D eigenvalue weighted by molar-refractivity contribution is 6.17. The molecule has 1 aliphatic rings. The number of aryl methyl sites for hydroxylation is 1. The minimum Gasteiger partial charge on any atom is -0.325 e. The summed E-state index contributed by atoms with van der Waals surface area (Å²) in [5, 5.41) is 5.61. The topological polar surface area (TPSA) is 75.3 Å². The lowest BCUT2D eigenvalue weighted by Gasteiger charge is -2.16. The number of carbonyl (C=O) groups excluding carboxylic acids is 3. The Labute approximate surface area is 152 Å². The molecule has 2 N–H and O–H groups in total. The van der Waals surface area contributed by atoms with Crippen LogP contribution in [0.3, 0.4) is 0 Å². The van der Waals surface area contributed by atoms with Gasteiger partial charge in [-0.2, -0.15) is 0 Å². The van der Waals surface area contributed by atoms with Crippen LogP contribution in [-0.4, -0.2) is 17.6 Å². The van der Waals surface area contributed by atoms with Crippen LogP contribution in [0.4, 0.5) is 11.4 Å². The maximum Gasteiger partial charge on any atom is 0.240 e. The van der Waals surface area contributed by atoms with Gasteiger partial charge in [-0.1, -0.05) is 31.2 Å². The lowest BCUT2D eigenvalue weighted by molar-refractivity contribution is -0.131. The molecular weight excluding hydrogens is 328 g/mol. The Kier molecular flexibility index (Phi) is 4.89. The van der Waals surface area contributed by atoms with Gasteiger partial charge in [-0.15, -0.1) is 0 Å². The first-order valence-corrected chi connectivity index (χ1v) is 8.77. The average molecular weight is 350 g/mol. The van der Waals surface area contributed by atoms with Crippen molar-refractivity contribution in [1.82, 2.24) is 0 Å². The molecule has 2 aromatic carbocycles. The molecular formula is C21H22N2O3. The number of hydrogen-bond acceptors (Lipinski definition) is 3. The number of Topliss-reactive ketones (excluding diaryl/α,β-unsaturated/α-hetero) is 1. The summed E-state index contributed by atoms with van der Waals surface area (Å²) in [5.74, 6) is -0.696. The molecule has 0 aromatic heterocycles. The first kappa shape index (κ1) is 17.9. The van der Waals surface area contributed by atoms with E-state index in [1.165, 1.54) is 12.5 Å². The molecule has 5 nitrogen and oxygen atoms in total. The summed E-state index contributed by atoms with van der Waals surface area (Å²) in [4.78, 5) is 36.8. The van der Waals surface area contributed by atoms with E-state index in [-0.39, 0.29) is 17.6 Å². The maximum absolute atomic E-state index is 12.7. The summed E-state index contributed by atoms with van der Waals surface area (Å²) in [6, 6.07) is 14.4. The number of hydrogen-bond donors (Lipinski definition) is 2. The van der Waals surface area contributed by atoms with Gasteiger partial charge in [0.15, 0.2) is 5.78 Å². The molecule has 2 aromatic rings. The molecule has 0 atom stereocenters. The van der Waals surface area contributed by atoms with E-state index < -0.39 is 5.41 Å². The Hall–Kier alpha value is -2.95. The summed E-state index contributed by atoms with van der Waals surface area (Å²) in [6.07, 6.45) is 1.97. The van der Waals surface area contributed by atoms with Crippen LogP contribution in [-0.2, 0) is 16.0 Å². The summed E-state index contributed by atoms with van der Waals surface area (Å²) in [5.41, 5.74) is 1.88. The van der Waals surface area contributed by atoms with Crippen LogP contribution < -0.4 is 10.6 Å². The number of nitrogens with one attached hydrogen (secondary N) is 2. The maximum atomic E-state index is 12.7. The highest BCUT2D eigenvalue weighted by Crippen LogP contribution is 2.47. The number of carbonyl (C=O) groups is 3.